The molecular formula is C19H17N3O3S2. The number of thiocarbonyl (C=S) groups is 1. The quantitative estimate of drug-likeness (QED) is 0.515. The highest BCUT2D eigenvalue weighted by atomic mass is 32.1. The molecule has 1 heterocycles. The summed E-state index contributed by atoms with van der Waals surface area (Å²) in [6, 6.07) is 10.6. The zero-order valence-corrected chi connectivity index (χ0v) is 16.6. The Morgan fingerprint density at radius 2 is 1.81 bits per heavy atom. The van der Waals surface area contributed by atoms with E-state index in [9.17, 15) is 9.59 Å². The molecule has 2 N–H and O–H groups in total. The van der Waals surface area contributed by atoms with E-state index < -0.39 is 5.97 Å². The lowest BCUT2D eigenvalue weighted by atomic mass is 10.1. The molecule has 27 heavy (non-hydrogen) atoms. The van der Waals surface area contributed by atoms with Crippen molar-refractivity contribution in [1.82, 2.24) is 10.3 Å². The second-order valence-electron chi connectivity index (χ2n) is 5.90. The number of rotatable bonds is 3. The summed E-state index contributed by atoms with van der Waals surface area (Å²) in [7, 11) is 1.34. The van der Waals surface area contributed by atoms with Crippen molar-refractivity contribution in [2.24, 2.45) is 0 Å². The molecule has 0 radical (unpaired) electrons. The minimum absolute atomic E-state index is 0.158. The number of nitrogens with zero attached hydrogens (tertiary/aromatic N) is 1. The van der Waals surface area contributed by atoms with Crippen molar-refractivity contribution in [3.05, 3.63) is 58.7 Å². The molecule has 1 amide bonds. The van der Waals surface area contributed by atoms with Crippen LogP contribution in [0.15, 0.2) is 36.4 Å². The van der Waals surface area contributed by atoms with Crippen LogP contribution in [0.1, 0.15) is 31.8 Å². The van der Waals surface area contributed by atoms with Crippen molar-refractivity contribution in [2.45, 2.75) is 13.8 Å². The van der Waals surface area contributed by atoms with Crippen LogP contribution in [0, 0.1) is 13.8 Å². The lowest BCUT2D eigenvalue weighted by molar-refractivity contribution is 0.0601. The number of hydrogen-bond acceptors (Lipinski definition) is 6. The van der Waals surface area contributed by atoms with Gasteiger partial charge in [0, 0.05) is 5.56 Å². The number of carbonyl (C=O) groups excluding carboxylic acids is 2. The summed E-state index contributed by atoms with van der Waals surface area (Å²) in [5.41, 5.74) is 3.86. The molecule has 3 rings (SSSR count). The van der Waals surface area contributed by atoms with Crippen molar-refractivity contribution in [2.75, 3.05) is 12.4 Å². The van der Waals surface area contributed by atoms with Crippen molar-refractivity contribution in [3.63, 3.8) is 0 Å². The number of esters is 1. The SMILES string of the molecule is COC(=O)c1ccc2nc(NC(=S)NC(=O)c3ccc(C)c(C)c3)sc2c1. The molecule has 0 fully saturated rings. The smallest absolute Gasteiger partial charge is 0.337 e. The number of nitrogens with one attached hydrogen (secondary N) is 2. The highest BCUT2D eigenvalue weighted by molar-refractivity contribution is 7.80. The molecule has 0 bridgehead atoms. The van der Waals surface area contributed by atoms with Gasteiger partial charge in [0.15, 0.2) is 10.2 Å². The number of fused-ring (bicyclic) bond motifs is 1. The molecule has 0 aliphatic heterocycles. The molecule has 0 atom stereocenters. The molecule has 0 aliphatic rings. The Labute approximate surface area is 165 Å². The minimum atomic E-state index is -0.406. The molecule has 6 nitrogen and oxygen atoms in total. The van der Waals surface area contributed by atoms with Gasteiger partial charge in [-0.15, -0.1) is 0 Å². The summed E-state index contributed by atoms with van der Waals surface area (Å²) in [6.45, 7) is 3.94. The molecule has 0 aliphatic carbocycles. The fraction of sp³-hybridized carbons (Fsp3) is 0.158. The van der Waals surface area contributed by atoms with Crippen LogP contribution in [0.5, 0.6) is 0 Å². The molecule has 0 spiro atoms. The van der Waals surface area contributed by atoms with Crippen LogP contribution >= 0.6 is 23.6 Å². The van der Waals surface area contributed by atoms with E-state index in [0.717, 1.165) is 21.3 Å². The molecule has 1 aromatic heterocycles. The normalized spacial score (nSPS) is 10.5. The number of benzene rings is 2. The average Bonchev–Trinajstić information content (AvgIpc) is 3.04. The summed E-state index contributed by atoms with van der Waals surface area (Å²) in [5, 5.41) is 6.24. The monoisotopic (exact) mass is 399 g/mol. The molecule has 0 saturated carbocycles. The number of thiazole rings is 1. The molecule has 0 saturated heterocycles. The standard InChI is InChI=1S/C19H17N3O3S2/c1-10-4-5-12(8-11(10)2)16(23)21-18(26)22-19-20-14-7-6-13(17(24)25-3)9-15(14)27-19/h4-9H,1-3H3,(H2,20,21,22,23,26). The maximum absolute atomic E-state index is 12.3. The van der Waals surface area contributed by atoms with Gasteiger partial charge in [-0.1, -0.05) is 17.4 Å². The van der Waals surface area contributed by atoms with E-state index in [1.54, 1.807) is 24.3 Å². The minimum Gasteiger partial charge on any atom is -0.465 e. The van der Waals surface area contributed by atoms with E-state index in [1.165, 1.54) is 18.4 Å². The van der Waals surface area contributed by atoms with Gasteiger partial charge in [0.25, 0.3) is 5.91 Å². The summed E-state index contributed by atoms with van der Waals surface area (Å²) < 4.78 is 5.53. The Hall–Kier alpha value is -2.84. The fourth-order valence-electron chi connectivity index (χ4n) is 2.41. The number of aromatic nitrogens is 1. The lowest BCUT2D eigenvalue weighted by Gasteiger charge is -2.08. The first-order valence-electron chi connectivity index (χ1n) is 8.06. The molecule has 8 heteroatoms. The first-order chi connectivity index (χ1) is 12.9. The van der Waals surface area contributed by atoms with Gasteiger partial charge in [0.05, 0.1) is 22.9 Å². The van der Waals surface area contributed by atoms with E-state index in [-0.39, 0.29) is 11.0 Å². The number of anilines is 1. The number of hydrogen-bond donors (Lipinski definition) is 2. The molecule has 138 valence electrons. The Morgan fingerprint density at radius 3 is 2.52 bits per heavy atom. The van der Waals surface area contributed by atoms with Crippen LogP contribution in [-0.2, 0) is 4.74 Å². The number of carbonyl (C=O) groups is 2. The second kappa shape index (κ2) is 7.81. The predicted octanol–water partition coefficient (Wildman–Crippen LogP) is 3.83. The third-order valence-electron chi connectivity index (χ3n) is 4.03. The van der Waals surface area contributed by atoms with Gasteiger partial charge in [-0.3, -0.25) is 10.1 Å². The zero-order chi connectivity index (χ0) is 19.6. The van der Waals surface area contributed by atoms with E-state index in [2.05, 4.69) is 15.6 Å². The zero-order valence-electron chi connectivity index (χ0n) is 15.0. The molecule has 2 aromatic carbocycles. The van der Waals surface area contributed by atoms with Gasteiger partial charge >= 0.3 is 5.97 Å². The summed E-state index contributed by atoms with van der Waals surface area (Å²) in [4.78, 5) is 28.3. The van der Waals surface area contributed by atoms with Crippen molar-refractivity contribution in [3.8, 4) is 0 Å². The lowest BCUT2D eigenvalue weighted by Crippen LogP contribution is -2.34. The predicted molar refractivity (Wildman–Crippen MR) is 111 cm³/mol. The Morgan fingerprint density at radius 1 is 1.07 bits per heavy atom. The van der Waals surface area contributed by atoms with Crippen LogP contribution in [0.25, 0.3) is 10.2 Å². The third-order valence-corrected chi connectivity index (χ3v) is 5.16. The van der Waals surface area contributed by atoms with Gasteiger partial charge in [-0.25, -0.2) is 9.78 Å². The van der Waals surface area contributed by atoms with Gasteiger partial charge in [-0.05, 0) is 67.5 Å². The highest BCUT2D eigenvalue weighted by Gasteiger charge is 2.12. The maximum Gasteiger partial charge on any atom is 0.337 e. The van der Waals surface area contributed by atoms with Crippen molar-refractivity contribution >= 4 is 55.9 Å². The number of amides is 1. The summed E-state index contributed by atoms with van der Waals surface area (Å²) in [5.74, 6) is -0.694. The highest BCUT2D eigenvalue weighted by Crippen LogP contribution is 2.27. The Kier molecular flexibility index (Phi) is 5.48. The summed E-state index contributed by atoms with van der Waals surface area (Å²) in [6.07, 6.45) is 0. The molecule has 0 unspecified atom stereocenters. The number of methoxy groups -OCH3 is 1. The summed E-state index contributed by atoms with van der Waals surface area (Å²) >= 11 is 6.54. The van der Waals surface area contributed by atoms with Crippen LogP contribution in [0.3, 0.4) is 0 Å². The first kappa shape index (κ1) is 18.9. The third kappa shape index (κ3) is 4.29. The second-order valence-corrected chi connectivity index (χ2v) is 7.34. The van der Waals surface area contributed by atoms with E-state index in [1.807, 2.05) is 26.0 Å². The fourth-order valence-corrected chi connectivity index (χ4v) is 3.57. The van der Waals surface area contributed by atoms with Gasteiger partial charge in [0.2, 0.25) is 0 Å². The van der Waals surface area contributed by atoms with Crippen LogP contribution in [-0.4, -0.2) is 29.1 Å². The molecular weight excluding hydrogens is 382 g/mol. The van der Waals surface area contributed by atoms with Gasteiger partial charge in [-0.2, -0.15) is 0 Å². The van der Waals surface area contributed by atoms with Crippen molar-refractivity contribution < 1.29 is 14.3 Å². The van der Waals surface area contributed by atoms with E-state index >= 15 is 0 Å². The molecule has 3 aromatic rings. The van der Waals surface area contributed by atoms with Gasteiger partial charge in [0.1, 0.15) is 0 Å². The van der Waals surface area contributed by atoms with E-state index in [0.29, 0.717) is 16.3 Å². The van der Waals surface area contributed by atoms with Crippen LogP contribution in [0.4, 0.5) is 5.13 Å². The Balaban J connectivity index is 1.70. The largest absolute Gasteiger partial charge is 0.465 e. The Bertz CT molecular complexity index is 1060. The van der Waals surface area contributed by atoms with Crippen LogP contribution < -0.4 is 10.6 Å². The van der Waals surface area contributed by atoms with Crippen molar-refractivity contribution in [1.29, 1.82) is 0 Å². The average molecular weight is 399 g/mol. The van der Waals surface area contributed by atoms with E-state index in [4.69, 9.17) is 17.0 Å². The topological polar surface area (TPSA) is 80.3 Å². The maximum atomic E-state index is 12.3. The number of ether oxygens (including phenoxy) is 1. The first-order valence-corrected chi connectivity index (χ1v) is 9.28. The van der Waals surface area contributed by atoms with Gasteiger partial charge < -0.3 is 10.1 Å². The van der Waals surface area contributed by atoms with Crippen LogP contribution in [0.2, 0.25) is 0 Å². The number of aryl methyl sites for hydroxylation is 2.